The van der Waals surface area contributed by atoms with Crippen LogP contribution in [0.4, 0.5) is 0 Å². The number of aromatic nitrogens is 2. The summed E-state index contributed by atoms with van der Waals surface area (Å²) < 4.78 is 4.90. The van der Waals surface area contributed by atoms with Gasteiger partial charge in [-0.2, -0.15) is 0 Å². The van der Waals surface area contributed by atoms with Crippen LogP contribution in [0.5, 0.6) is 0 Å². The molecule has 314 valence electrons. The first-order chi connectivity index (χ1) is 31.7. The van der Waals surface area contributed by atoms with Gasteiger partial charge in [-0.05, 0) is 115 Å². The van der Waals surface area contributed by atoms with E-state index in [4.69, 9.17) is 0 Å². The molecular weight excluding hydrogens is 801 g/mol. The Kier molecular flexibility index (Phi) is 9.05. The van der Waals surface area contributed by atoms with E-state index in [2.05, 4.69) is 255 Å². The third-order valence-electron chi connectivity index (χ3n) is 15.0. The highest BCUT2D eigenvalue weighted by atomic mass is 28.3. The summed E-state index contributed by atoms with van der Waals surface area (Å²) in [7, 11) is -2.81. The van der Waals surface area contributed by atoms with Crippen molar-refractivity contribution in [3.63, 3.8) is 0 Å². The van der Waals surface area contributed by atoms with Crippen LogP contribution in [0, 0.1) is 0 Å². The van der Waals surface area contributed by atoms with Gasteiger partial charge in [0.15, 0.2) is 8.07 Å². The molecule has 0 bridgehead atoms. The number of hydrogen-bond donors (Lipinski definition) is 0. The molecule has 0 radical (unpaired) electrons. The number of rotatable bonds is 7. The Morgan fingerprint density at radius 1 is 0.354 bits per heavy atom. The topological polar surface area (TPSA) is 9.86 Å². The first kappa shape index (κ1) is 39.4. The van der Waals surface area contributed by atoms with E-state index in [1.165, 1.54) is 105 Å². The van der Waals surface area contributed by atoms with E-state index in [9.17, 15) is 0 Å². The van der Waals surface area contributed by atoms with Crippen molar-refractivity contribution in [2.75, 3.05) is 0 Å². The maximum atomic E-state index is 2.63. The third-order valence-corrected chi connectivity index (χ3v) is 19.7. The van der Waals surface area contributed by atoms with E-state index in [1.54, 1.807) is 0 Å². The highest BCUT2D eigenvalue weighted by Crippen LogP contribution is 2.46. The SMILES string of the molecule is CC1(C)CCC(C)(C)c2cc([Si](c3ccccc3)(c3ccccc3)c3ccc(-n4c5ccccc5c5c(-c6ccc7c8ccccc8n(-c8ccccc8)c7c6)cccc54)cc3)ccc21. The van der Waals surface area contributed by atoms with Crippen LogP contribution >= 0.6 is 0 Å². The lowest BCUT2D eigenvalue weighted by Gasteiger charge is -2.43. The van der Waals surface area contributed by atoms with Crippen molar-refractivity contribution >= 4 is 72.4 Å². The minimum atomic E-state index is -2.81. The van der Waals surface area contributed by atoms with Gasteiger partial charge in [0, 0.05) is 32.9 Å². The van der Waals surface area contributed by atoms with Gasteiger partial charge in [0.1, 0.15) is 0 Å². The molecule has 2 aromatic heterocycles. The third kappa shape index (κ3) is 6.06. The molecule has 1 aliphatic carbocycles. The van der Waals surface area contributed by atoms with Crippen molar-refractivity contribution in [1.82, 2.24) is 9.13 Å². The minimum absolute atomic E-state index is 0.0969. The summed E-state index contributed by atoms with van der Waals surface area (Å²) >= 11 is 0. The van der Waals surface area contributed by atoms with E-state index in [-0.39, 0.29) is 10.8 Å². The Morgan fingerprint density at radius 3 is 1.52 bits per heavy atom. The smallest absolute Gasteiger partial charge is 0.179 e. The van der Waals surface area contributed by atoms with Gasteiger partial charge >= 0.3 is 0 Å². The molecular formula is C62H52N2Si. The van der Waals surface area contributed by atoms with Crippen molar-refractivity contribution in [1.29, 1.82) is 0 Å². The zero-order chi connectivity index (χ0) is 43.9. The number of para-hydroxylation sites is 3. The summed E-state index contributed by atoms with van der Waals surface area (Å²) in [6.45, 7) is 9.77. The fourth-order valence-corrected chi connectivity index (χ4v) is 16.3. The molecule has 0 unspecified atom stereocenters. The lowest BCUT2D eigenvalue weighted by atomic mass is 9.63. The van der Waals surface area contributed by atoms with Crippen LogP contribution in [-0.4, -0.2) is 17.2 Å². The second kappa shape index (κ2) is 14.9. The Hall–Kier alpha value is -7.20. The zero-order valence-electron chi connectivity index (χ0n) is 37.6. The molecule has 65 heavy (non-hydrogen) atoms. The highest BCUT2D eigenvalue weighted by Gasteiger charge is 2.44. The summed E-state index contributed by atoms with van der Waals surface area (Å²) in [6, 6.07) is 82.4. The first-order valence-corrected chi connectivity index (χ1v) is 25.2. The summed E-state index contributed by atoms with van der Waals surface area (Å²) in [5.41, 5.74) is 12.9. The van der Waals surface area contributed by atoms with Crippen molar-refractivity contribution in [3.05, 3.63) is 230 Å². The molecule has 11 aromatic rings. The monoisotopic (exact) mass is 852 g/mol. The number of benzene rings is 9. The molecule has 1 aliphatic rings. The quantitative estimate of drug-likeness (QED) is 0.112. The molecule has 12 rings (SSSR count). The van der Waals surface area contributed by atoms with E-state index in [0.717, 1.165) is 5.69 Å². The van der Waals surface area contributed by atoms with E-state index < -0.39 is 8.07 Å². The summed E-state index contributed by atoms with van der Waals surface area (Å²) in [5, 5.41) is 10.7. The molecule has 2 heterocycles. The summed E-state index contributed by atoms with van der Waals surface area (Å²) in [6.07, 6.45) is 2.39. The molecule has 0 aliphatic heterocycles. The molecule has 0 spiro atoms. The molecule has 2 nitrogen and oxygen atoms in total. The first-order valence-electron chi connectivity index (χ1n) is 23.2. The fourth-order valence-electron chi connectivity index (χ4n) is 11.6. The highest BCUT2D eigenvalue weighted by molar-refractivity contribution is 7.19. The predicted octanol–water partition coefficient (Wildman–Crippen LogP) is 13.3. The lowest BCUT2D eigenvalue weighted by Crippen LogP contribution is -2.74. The van der Waals surface area contributed by atoms with Crippen molar-refractivity contribution in [2.45, 2.75) is 51.4 Å². The average molecular weight is 853 g/mol. The number of fused-ring (bicyclic) bond motifs is 7. The number of nitrogens with zero attached hydrogens (tertiary/aromatic N) is 2. The number of hydrogen-bond acceptors (Lipinski definition) is 0. The Balaban J connectivity index is 1.06. The normalized spacial score (nSPS) is 14.6. The Bertz CT molecular complexity index is 3540. The maximum Gasteiger partial charge on any atom is 0.179 e. The second-order valence-electron chi connectivity index (χ2n) is 19.5. The molecule has 0 amide bonds. The second-order valence-corrected chi connectivity index (χ2v) is 23.3. The molecule has 0 atom stereocenters. The van der Waals surface area contributed by atoms with Crippen molar-refractivity contribution in [3.8, 4) is 22.5 Å². The van der Waals surface area contributed by atoms with Gasteiger partial charge in [0.05, 0.1) is 22.1 Å². The Morgan fingerprint density at radius 2 is 0.846 bits per heavy atom. The van der Waals surface area contributed by atoms with E-state index in [0.29, 0.717) is 0 Å². The molecule has 0 saturated heterocycles. The lowest BCUT2D eigenvalue weighted by molar-refractivity contribution is 0.332. The summed E-state index contributed by atoms with van der Waals surface area (Å²) in [5.74, 6) is 0. The molecule has 3 heteroatoms. The average Bonchev–Trinajstić information content (AvgIpc) is 3.87. The molecule has 0 saturated carbocycles. The van der Waals surface area contributed by atoms with Crippen molar-refractivity contribution in [2.24, 2.45) is 0 Å². The van der Waals surface area contributed by atoms with Crippen molar-refractivity contribution < 1.29 is 0 Å². The molecule has 9 aromatic carbocycles. The fraction of sp³-hybridized carbons (Fsp3) is 0.129. The molecule has 0 N–H and O–H groups in total. The van der Waals surface area contributed by atoms with Crippen LogP contribution in [0.1, 0.15) is 51.7 Å². The zero-order valence-corrected chi connectivity index (χ0v) is 38.6. The van der Waals surface area contributed by atoms with Gasteiger partial charge < -0.3 is 9.13 Å². The predicted molar refractivity (Wildman–Crippen MR) is 279 cm³/mol. The van der Waals surface area contributed by atoms with Gasteiger partial charge in [-0.1, -0.05) is 198 Å². The molecule has 0 fully saturated rings. The standard InChI is InChI=1S/C62H52N2Si/c1-61(2)39-40-62(3,4)55-42-49(36-38-54(55)61)65(46-21-10-6-11-22-46,47-23-12-7-13-24-47)48-34-32-45(33-35-48)63-57-29-17-15-26-53(57)60-50(27-18-30-58(60)63)43-31-37-52-51-25-14-16-28-56(51)64(59(52)41-43)44-19-8-5-9-20-44/h5-38,41-42H,39-40H2,1-4H3. The van der Waals surface area contributed by atoms with Gasteiger partial charge in [0.2, 0.25) is 0 Å². The van der Waals surface area contributed by atoms with Crippen LogP contribution < -0.4 is 20.7 Å². The van der Waals surface area contributed by atoms with Crippen LogP contribution in [0.25, 0.3) is 66.1 Å². The summed E-state index contributed by atoms with van der Waals surface area (Å²) in [4.78, 5) is 0. The van der Waals surface area contributed by atoms with Crippen LogP contribution in [0.2, 0.25) is 0 Å². The van der Waals surface area contributed by atoms with Gasteiger partial charge in [0.25, 0.3) is 0 Å². The van der Waals surface area contributed by atoms with E-state index in [1.807, 2.05) is 0 Å². The minimum Gasteiger partial charge on any atom is -0.309 e. The van der Waals surface area contributed by atoms with Gasteiger partial charge in [-0.15, -0.1) is 0 Å². The van der Waals surface area contributed by atoms with Gasteiger partial charge in [-0.25, -0.2) is 0 Å². The largest absolute Gasteiger partial charge is 0.309 e. The van der Waals surface area contributed by atoms with E-state index >= 15 is 0 Å². The van der Waals surface area contributed by atoms with Crippen LogP contribution in [0.3, 0.4) is 0 Å². The van der Waals surface area contributed by atoms with Crippen LogP contribution in [0.15, 0.2) is 218 Å². The van der Waals surface area contributed by atoms with Gasteiger partial charge in [-0.3, -0.25) is 0 Å². The van der Waals surface area contributed by atoms with Crippen LogP contribution in [-0.2, 0) is 10.8 Å². The Labute approximate surface area is 383 Å². The maximum absolute atomic E-state index is 2.81.